The van der Waals surface area contributed by atoms with Crippen molar-refractivity contribution < 1.29 is 14.3 Å². The van der Waals surface area contributed by atoms with Gasteiger partial charge in [0.15, 0.2) is 0 Å². The van der Waals surface area contributed by atoms with Crippen LogP contribution in [0.3, 0.4) is 0 Å². The highest BCUT2D eigenvalue weighted by Crippen LogP contribution is 2.36. The Morgan fingerprint density at radius 2 is 2.21 bits per heavy atom. The van der Waals surface area contributed by atoms with E-state index in [2.05, 4.69) is 20.7 Å². The van der Waals surface area contributed by atoms with E-state index in [4.69, 9.17) is 4.74 Å². The summed E-state index contributed by atoms with van der Waals surface area (Å²) >= 11 is 3.53. The van der Waals surface area contributed by atoms with E-state index in [0.29, 0.717) is 17.8 Å². The van der Waals surface area contributed by atoms with Gasteiger partial charge in [0.2, 0.25) is 0 Å². The fourth-order valence-electron chi connectivity index (χ4n) is 1.39. The number of ether oxygens (including phenoxy) is 2. The largest absolute Gasteiger partial charge is 0.493 e. The highest BCUT2D eigenvalue weighted by Gasteiger charge is 2.37. The van der Waals surface area contributed by atoms with E-state index in [1.54, 1.807) is 6.92 Å². The molecular weight excluding hydrogens is 248 g/mol. The smallest absolute Gasteiger partial charge is 0.337 e. The number of hydrogen-bond donors (Lipinski definition) is 0. The molecule has 0 bridgehead atoms. The van der Waals surface area contributed by atoms with Crippen LogP contribution >= 0.6 is 15.9 Å². The van der Waals surface area contributed by atoms with Gasteiger partial charge in [-0.15, -0.1) is 0 Å². The average Bonchev–Trinajstić information content (AvgIpc) is 2.45. The van der Waals surface area contributed by atoms with Gasteiger partial charge >= 0.3 is 5.97 Å². The summed E-state index contributed by atoms with van der Waals surface area (Å²) in [5.41, 5.74) is 0.644. The van der Waals surface area contributed by atoms with Gasteiger partial charge in [-0.1, -0.05) is 15.9 Å². The molecule has 0 saturated carbocycles. The Morgan fingerprint density at radius 3 is 2.57 bits per heavy atom. The van der Waals surface area contributed by atoms with Crippen molar-refractivity contribution in [2.75, 3.05) is 7.11 Å². The second-order valence-corrected chi connectivity index (χ2v) is 5.95. The predicted molar refractivity (Wildman–Crippen MR) is 57.2 cm³/mol. The number of alkyl halides is 1. The third-order valence-electron chi connectivity index (χ3n) is 2.33. The van der Waals surface area contributed by atoms with E-state index in [1.807, 2.05) is 13.8 Å². The number of allylic oxidation sites excluding steroid dienone is 1. The molecule has 0 radical (unpaired) electrons. The maximum atomic E-state index is 11.3. The molecule has 1 aliphatic heterocycles. The van der Waals surface area contributed by atoms with Crippen molar-refractivity contribution >= 4 is 21.9 Å². The first-order chi connectivity index (χ1) is 6.36. The zero-order valence-corrected chi connectivity index (χ0v) is 10.5. The molecule has 0 fully saturated rings. The third-order valence-corrected chi connectivity index (χ3v) is 2.84. The monoisotopic (exact) mass is 262 g/mol. The standard InChI is InChI=1S/C10H15BrO3/c1-6-7(9(12)13-4)5-8(14-6)10(2,3)11/h8H,5H2,1-4H3. The van der Waals surface area contributed by atoms with E-state index >= 15 is 0 Å². The Bertz CT molecular complexity index is 276. The minimum Gasteiger partial charge on any atom is -0.493 e. The van der Waals surface area contributed by atoms with Crippen molar-refractivity contribution in [2.24, 2.45) is 0 Å². The lowest BCUT2D eigenvalue weighted by molar-refractivity contribution is -0.136. The average molecular weight is 263 g/mol. The van der Waals surface area contributed by atoms with E-state index in [-0.39, 0.29) is 16.4 Å². The molecule has 0 spiro atoms. The Kier molecular flexibility index (Phi) is 3.24. The first-order valence-electron chi connectivity index (χ1n) is 4.50. The number of carbonyl (C=O) groups is 1. The SMILES string of the molecule is COC(=O)C1=C(C)OC(C(C)(C)Br)C1. The Hall–Kier alpha value is -0.510. The molecule has 0 amide bonds. The minimum absolute atomic E-state index is 0.00315. The molecule has 14 heavy (non-hydrogen) atoms. The number of hydrogen-bond acceptors (Lipinski definition) is 3. The lowest BCUT2D eigenvalue weighted by Crippen LogP contribution is -2.29. The van der Waals surface area contributed by atoms with Crippen LogP contribution in [-0.4, -0.2) is 23.5 Å². The Labute approximate surface area is 92.6 Å². The van der Waals surface area contributed by atoms with Crippen LogP contribution in [0.4, 0.5) is 0 Å². The molecular formula is C10H15BrO3. The van der Waals surface area contributed by atoms with Gasteiger partial charge in [0.25, 0.3) is 0 Å². The lowest BCUT2D eigenvalue weighted by Gasteiger charge is -2.24. The molecule has 1 aliphatic rings. The van der Waals surface area contributed by atoms with Crippen molar-refractivity contribution in [1.29, 1.82) is 0 Å². The van der Waals surface area contributed by atoms with E-state index in [1.165, 1.54) is 7.11 Å². The Balaban J connectivity index is 2.75. The molecule has 4 heteroatoms. The lowest BCUT2D eigenvalue weighted by atomic mass is 10.0. The normalized spacial score (nSPS) is 22.2. The molecule has 1 heterocycles. The molecule has 0 saturated heterocycles. The number of methoxy groups -OCH3 is 1. The molecule has 1 atom stereocenters. The van der Waals surface area contributed by atoms with Crippen LogP contribution in [0.5, 0.6) is 0 Å². The molecule has 0 aliphatic carbocycles. The summed E-state index contributed by atoms with van der Waals surface area (Å²) in [4.78, 5) is 11.3. The summed E-state index contributed by atoms with van der Waals surface area (Å²) in [5, 5.41) is 0. The van der Waals surface area contributed by atoms with E-state index < -0.39 is 0 Å². The second kappa shape index (κ2) is 3.93. The zero-order valence-electron chi connectivity index (χ0n) is 8.89. The maximum absolute atomic E-state index is 11.3. The summed E-state index contributed by atoms with van der Waals surface area (Å²) in [6, 6.07) is 0. The molecule has 0 aromatic rings. The molecule has 0 N–H and O–H groups in total. The third kappa shape index (κ3) is 2.29. The fourth-order valence-corrected chi connectivity index (χ4v) is 1.64. The number of halogens is 1. The molecule has 80 valence electrons. The topological polar surface area (TPSA) is 35.5 Å². The van der Waals surface area contributed by atoms with Crippen LogP contribution in [0, 0.1) is 0 Å². The summed E-state index contributed by atoms with van der Waals surface area (Å²) in [6.45, 7) is 5.83. The molecule has 3 nitrogen and oxygen atoms in total. The number of rotatable bonds is 2. The number of carbonyl (C=O) groups excluding carboxylic acids is 1. The highest BCUT2D eigenvalue weighted by molar-refractivity contribution is 9.10. The van der Waals surface area contributed by atoms with Crippen LogP contribution in [-0.2, 0) is 14.3 Å². The first kappa shape index (κ1) is 11.6. The van der Waals surface area contributed by atoms with Crippen molar-refractivity contribution in [3.8, 4) is 0 Å². The van der Waals surface area contributed by atoms with Crippen LogP contribution in [0.2, 0.25) is 0 Å². The molecule has 1 rings (SSSR count). The Morgan fingerprint density at radius 1 is 1.64 bits per heavy atom. The van der Waals surface area contributed by atoms with Gasteiger partial charge in [0.1, 0.15) is 11.9 Å². The van der Waals surface area contributed by atoms with Crippen molar-refractivity contribution in [2.45, 2.75) is 37.6 Å². The van der Waals surface area contributed by atoms with Gasteiger partial charge in [-0.3, -0.25) is 0 Å². The van der Waals surface area contributed by atoms with Crippen molar-refractivity contribution in [3.05, 3.63) is 11.3 Å². The first-order valence-corrected chi connectivity index (χ1v) is 5.29. The van der Waals surface area contributed by atoms with Gasteiger partial charge in [0.05, 0.1) is 17.0 Å². The zero-order chi connectivity index (χ0) is 10.9. The van der Waals surface area contributed by atoms with Gasteiger partial charge in [-0.2, -0.15) is 0 Å². The maximum Gasteiger partial charge on any atom is 0.337 e. The van der Waals surface area contributed by atoms with Crippen LogP contribution < -0.4 is 0 Å². The van der Waals surface area contributed by atoms with Crippen LogP contribution in [0.25, 0.3) is 0 Å². The quantitative estimate of drug-likeness (QED) is 0.567. The predicted octanol–water partition coefficient (Wildman–Crippen LogP) is 2.40. The molecule has 1 unspecified atom stereocenters. The molecule has 0 aromatic carbocycles. The summed E-state index contributed by atoms with van der Waals surface area (Å²) in [7, 11) is 1.38. The fraction of sp³-hybridized carbons (Fsp3) is 0.700. The van der Waals surface area contributed by atoms with Gasteiger partial charge in [0, 0.05) is 6.42 Å². The van der Waals surface area contributed by atoms with Gasteiger partial charge in [-0.25, -0.2) is 4.79 Å². The van der Waals surface area contributed by atoms with Crippen LogP contribution in [0.1, 0.15) is 27.2 Å². The summed E-state index contributed by atoms with van der Waals surface area (Å²) in [5.74, 6) is 0.385. The minimum atomic E-state index is -0.290. The van der Waals surface area contributed by atoms with Crippen molar-refractivity contribution in [1.82, 2.24) is 0 Å². The van der Waals surface area contributed by atoms with E-state index in [0.717, 1.165) is 0 Å². The summed E-state index contributed by atoms with van der Waals surface area (Å²) in [6.07, 6.45) is 0.605. The van der Waals surface area contributed by atoms with Crippen LogP contribution in [0.15, 0.2) is 11.3 Å². The van der Waals surface area contributed by atoms with Gasteiger partial charge in [-0.05, 0) is 20.8 Å². The number of esters is 1. The van der Waals surface area contributed by atoms with Gasteiger partial charge < -0.3 is 9.47 Å². The molecule has 0 aromatic heterocycles. The van der Waals surface area contributed by atoms with Crippen molar-refractivity contribution in [3.63, 3.8) is 0 Å². The second-order valence-electron chi connectivity index (χ2n) is 3.90. The summed E-state index contributed by atoms with van der Waals surface area (Å²) < 4.78 is 10.1. The van der Waals surface area contributed by atoms with E-state index in [9.17, 15) is 4.79 Å². The highest BCUT2D eigenvalue weighted by atomic mass is 79.9.